The monoisotopic (exact) mass is 390 g/mol. The Balaban J connectivity index is 2.05. The average Bonchev–Trinajstić information content (AvgIpc) is 2.64. The van der Waals surface area contributed by atoms with Crippen LogP contribution in [-0.2, 0) is 10.0 Å². The quantitative estimate of drug-likeness (QED) is 0.752. The lowest BCUT2D eigenvalue weighted by atomic mass is 10.0. The summed E-state index contributed by atoms with van der Waals surface area (Å²) in [5.74, 6) is 0.677. The van der Waals surface area contributed by atoms with Crippen molar-refractivity contribution in [1.29, 1.82) is 0 Å². The van der Waals surface area contributed by atoms with Crippen LogP contribution in [0.25, 0.3) is 0 Å². The highest BCUT2D eigenvalue weighted by Crippen LogP contribution is 2.21. The second-order valence-corrected chi connectivity index (χ2v) is 8.48. The molecule has 2 aromatic carbocycles. The molecule has 0 aliphatic heterocycles. The van der Waals surface area contributed by atoms with Crippen LogP contribution in [0.2, 0.25) is 0 Å². The SMILES string of the molecule is COc1cccc(C(=O)NCCN(c2ccc(C(C)C)cc2)S(C)(=O)=O)c1. The summed E-state index contributed by atoms with van der Waals surface area (Å²) in [6.45, 7) is 4.50. The fraction of sp³-hybridized carbons (Fsp3) is 0.350. The number of ether oxygens (including phenoxy) is 1. The molecule has 0 unspecified atom stereocenters. The molecule has 0 spiro atoms. The van der Waals surface area contributed by atoms with Gasteiger partial charge in [-0.2, -0.15) is 0 Å². The highest BCUT2D eigenvalue weighted by atomic mass is 32.2. The Kier molecular flexibility index (Phi) is 6.85. The molecule has 0 aliphatic carbocycles. The Labute approximate surface area is 161 Å². The lowest BCUT2D eigenvalue weighted by Crippen LogP contribution is -2.38. The van der Waals surface area contributed by atoms with E-state index in [-0.39, 0.29) is 19.0 Å². The van der Waals surface area contributed by atoms with Gasteiger partial charge in [0.05, 0.1) is 25.6 Å². The summed E-state index contributed by atoms with van der Waals surface area (Å²) in [4.78, 5) is 12.3. The number of hydrogen-bond donors (Lipinski definition) is 1. The summed E-state index contributed by atoms with van der Waals surface area (Å²) in [6.07, 6.45) is 1.16. The molecule has 0 heterocycles. The molecule has 0 fully saturated rings. The highest BCUT2D eigenvalue weighted by molar-refractivity contribution is 7.92. The third-order valence-electron chi connectivity index (χ3n) is 4.18. The molecule has 1 amide bonds. The molecule has 0 radical (unpaired) electrons. The maximum absolute atomic E-state index is 12.3. The number of nitrogens with one attached hydrogen (secondary N) is 1. The van der Waals surface area contributed by atoms with Gasteiger partial charge in [0.15, 0.2) is 0 Å². The standard InChI is InChI=1S/C20H26N2O4S/c1-15(2)16-8-10-18(11-9-16)22(27(4,24)25)13-12-21-20(23)17-6-5-7-19(14-17)26-3/h5-11,14-15H,12-13H2,1-4H3,(H,21,23). The van der Waals surface area contributed by atoms with E-state index in [1.165, 1.54) is 11.4 Å². The summed E-state index contributed by atoms with van der Waals surface area (Å²) in [5, 5.41) is 2.75. The van der Waals surface area contributed by atoms with Gasteiger partial charge in [0.25, 0.3) is 5.91 Å². The van der Waals surface area contributed by atoms with E-state index in [1.54, 1.807) is 36.4 Å². The number of carbonyl (C=O) groups is 1. The maximum atomic E-state index is 12.3. The van der Waals surface area contributed by atoms with Crippen molar-refractivity contribution in [3.63, 3.8) is 0 Å². The van der Waals surface area contributed by atoms with Crippen molar-refractivity contribution < 1.29 is 17.9 Å². The topological polar surface area (TPSA) is 75.7 Å². The minimum Gasteiger partial charge on any atom is -0.497 e. The minimum absolute atomic E-state index is 0.148. The van der Waals surface area contributed by atoms with Crippen LogP contribution in [-0.4, -0.2) is 40.8 Å². The average molecular weight is 391 g/mol. The lowest BCUT2D eigenvalue weighted by molar-refractivity contribution is 0.0954. The Morgan fingerprint density at radius 3 is 2.37 bits per heavy atom. The fourth-order valence-corrected chi connectivity index (χ4v) is 3.58. The summed E-state index contributed by atoms with van der Waals surface area (Å²) >= 11 is 0. The maximum Gasteiger partial charge on any atom is 0.251 e. The molecule has 27 heavy (non-hydrogen) atoms. The van der Waals surface area contributed by atoms with Gasteiger partial charge in [0, 0.05) is 12.1 Å². The van der Waals surface area contributed by atoms with E-state index in [0.717, 1.165) is 11.8 Å². The summed E-state index contributed by atoms with van der Waals surface area (Å²) in [7, 11) is -1.93. The number of nitrogens with zero attached hydrogens (tertiary/aromatic N) is 1. The van der Waals surface area contributed by atoms with Crippen LogP contribution in [0, 0.1) is 0 Å². The van der Waals surface area contributed by atoms with E-state index in [2.05, 4.69) is 19.2 Å². The van der Waals surface area contributed by atoms with Crippen molar-refractivity contribution in [2.24, 2.45) is 0 Å². The van der Waals surface area contributed by atoms with Gasteiger partial charge < -0.3 is 10.1 Å². The predicted molar refractivity (Wildman–Crippen MR) is 108 cm³/mol. The molecule has 0 saturated carbocycles. The first-order valence-electron chi connectivity index (χ1n) is 8.72. The van der Waals surface area contributed by atoms with Gasteiger partial charge in [-0.3, -0.25) is 9.10 Å². The number of anilines is 1. The molecule has 0 bridgehead atoms. The first-order chi connectivity index (χ1) is 12.7. The van der Waals surface area contributed by atoms with Gasteiger partial charge >= 0.3 is 0 Å². The minimum atomic E-state index is -3.46. The van der Waals surface area contributed by atoms with Gasteiger partial charge in [-0.15, -0.1) is 0 Å². The molecule has 7 heteroatoms. The van der Waals surface area contributed by atoms with E-state index in [9.17, 15) is 13.2 Å². The Hall–Kier alpha value is -2.54. The number of sulfonamides is 1. The molecule has 2 rings (SSSR count). The number of methoxy groups -OCH3 is 1. The summed E-state index contributed by atoms with van der Waals surface area (Å²) < 4.78 is 30.8. The normalized spacial score (nSPS) is 11.3. The van der Waals surface area contributed by atoms with Crippen molar-refractivity contribution in [2.45, 2.75) is 19.8 Å². The zero-order valence-corrected chi connectivity index (χ0v) is 16.9. The predicted octanol–water partition coefficient (Wildman–Crippen LogP) is 3.01. The second-order valence-electron chi connectivity index (χ2n) is 6.57. The molecular weight excluding hydrogens is 364 g/mol. The molecule has 0 atom stereocenters. The van der Waals surface area contributed by atoms with Crippen molar-refractivity contribution >= 4 is 21.6 Å². The number of hydrogen-bond acceptors (Lipinski definition) is 4. The second kappa shape index (κ2) is 8.90. The van der Waals surface area contributed by atoms with Gasteiger partial charge in [-0.25, -0.2) is 8.42 Å². The fourth-order valence-electron chi connectivity index (χ4n) is 2.65. The van der Waals surface area contributed by atoms with E-state index in [4.69, 9.17) is 4.74 Å². The van der Waals surface area contributed by atoms with Crippen molar-refractivity contribution in [3.05, 3.63) is 59.7 Å². The van der Waals surface area contributed by atoms with Crippen molar-refractivity contribution in [2.75, 3.05) is 30.8 Å². The molecular formula is C20H26N2O4S. The third-order valence-corrected chi connectivity index (χ3v) is 5.37. The number of carbonyl (C=O) groups excluding carboxylic acids is 1. The van der Waals surface area contributed by atoms with Gasteiger partial charge in [-0.1, -0.05) is 32.0 Å². The molecule has 0 aliphatic rings. The van der Waals surface area contributed by atoms with Crippen LogP contribution in [0.1, 0.15) is 35.7 Å². The number of amides is 1. The summed E-state index contributed by atoms with van der Waals surface area (Å²) in [5.41, 5.74) is 2.18. The highest BCUT2D eigenvalue weighted by Gasteiger charge is 2.18. The van der Waals surface area contributed by atoms with Crippen LogP contribution >= 0.6 is 0 Å². The summed E-state index contributed by atoms with van der Waals surface area (Å²) in [6, 6.07) is 14.2. The van der Waals surface area contributed by atoms with E-state index in [1.807, 2.05) is 12.1 Å². The molecule has 2 aromatic rings. The first-order valence-corrected chi connectivity index (χ1v) is 10.6. The Morgan fingerprint density at radius 2 is 1.81 bits per heavy atom. The number of benzene rings is 2. The van der Waals surface area contributed by atoms with Gasteiger partial charge in [-0.05, 0) is 41.8 Å². The smallest absolute Gasteiger partial charge is 0.251 e. The van der Waals surface area contributed by atoms with E-state index < -0.39 is 10.0 Å². The van der Waals surface area contributed by atoms with Crippen molar-refractivity contribution in [3.8, 4) is 5.75 Å². The number of rotatable bonds is 8. The first kappa shape index (κ1) is 20.8. The molecule has 0 saturated heterocycles. The van der Waals surface area contributed by atoms with Gasteiger partial charge in [0.2, 0.25) is 10.0 Å². The van der Waals surface area contributed by atoms with Crippen molar-refractivity contribution in [1.82, 2.24) is 5.32 Å². The Morgan fingerprint density at radius 1 is 1.15 bits per heavy atom. The zero-order chi connectivity index (χ0) is 20.0. The van der Waals surface area contributed by atoms with Crippen LogP contribution in [0.5, 0.6) is 5.75 Å². The Bertz CT molecular complexity index is 877. The van der Waals surface area contributed by atoms with Crippen LogP contribution in [0.4, 0.5) is 5.69 Å². The lowest BCUT2D eigenvalue weighted by Gasteiger charge is -2.23. The van der Waals surface area contributed by atoms with Crippen LogP contribution in [0.3, 0.4) is 0 Å². The van der Waals surface area contributed by atoms with E-state index in [0.29, 0.717) is 22.9 Å². The zero-order valence-electron chi connectivity index (χ0n) is 16.1. The van der Waals surface area contributed by atoms with Crippen LogP contribution < -0.4 is 14.4 Å². The van der Waals surface area contributed by atoms with Crippen LogP contribution in [0.15, 0.2) is 48.5 Å². The van der Waals surface area contributed by atoms with E-state index >= 15 is 0 Å². The third kappa shape index (κ3) is 5.72. The van der Waals surface area contributed by atoms with Gasteiger partial charge in [0.1, 0.15) is 5.75 Å². The molecule has 146 valence electrons. The molecule has 0 aromatic heterocycles. The molecule has 1 N–H and O–H groups in total. The largest absolute Gasteiger partial charge is 0.497 e. The molecule has 6 nitrogen and oxygen atoms in total.